The van der Waals surface area contributed by atoms with Crippen LogP contribution in [0.25, 0.3) is 0 Å². The second-order valence-corrected chi connectivity index (χ2v) is 7.74. The monoisotopic (exact) mass is 516 g/mol. The van der Waals surface area contributed by atoms with E-state index < -0.39 is 0 Å². The lowest BCUT2D eigenvalue weighted by Gasteiger charge is -2.25. The number of hydrogen-bond donors (Lipinski definition) is 2. The first-order valence-electron chi connectivity index (χ1n) is 9.30. The molecule has 0 saturated heterocycles. The van der Waals surface area contributed by atoms with Gasteiger partial charge < -0.3 is 15.5 Å². The average molecular weight is 516 g/mol. The smallest absolute Gasteiger partial charge is 0.191 e. The highest BCUT2D eigenvalue weighted by molar-refractivity contribution is 14.0. The van der Waals surface area contributed by atoms with Gasteiger partial charge in [0.25, 0.3) is 0 Å². The van der Waals surface area contributed by atoms with Crippen molar-refractivity contribution in [2.24, 2.45) is 4.99 Å². The van der Waals surface area contributed by atoms with E-state index in [1.165, 1.54) is 5.56 Å². The van der Waals surface area contributed by atoms with E-state index in [4.69, 9.17) is 0 Å². The fraction of sp³-hybridized carbons (Fsp3) is 0.500. The third-order valence-electron chi connectivity index (χ3n) is 4.46. The lowest BCUT2D eigenvalue weighted by atomic mass is 10.1. The third kappa shape index (κ3) is 8.32. The topological polar surface area (TPSA) is 55.8 Å². The number of rotatable bonds is 9. The van der Waals surface area contributed by atoms with Crippen LogP contribution in [0.2, 0.25) is 0 Å². The van der Waals surface area contributed by atoms with Crippen molar-refractivity contribution in [3.05, 3.63) is 47.0 Å². The van der Waals surface area contributed by atoms with Crippen LogP contribution < -0.4 is 15.5 Å². The molecule has 0 aliphatic carbocycles. The maximum atomic E-state index is 4.58. The number of hydrogen-bond acceptors (Lipinski definition) is 5. The highest BCUT2D eigenvalue weighted by Crippen LogP contribution is 2.17. The number of aliphatic imine (C=N–C) groups is 1. The first-order valence-corrected chi connectivity index (χ1v) is 10.2. The number of nitrogens with one attached hydrogen (secondary N) is 2. The van der Waals surface area contributed by atoms with Gasteiger partial charge in [-0.25, -0.2) is 4.98 Å². The van der Waals surface area contributed by atoms with E-state index in [0.29, 0.717) is 12.6 Å². The van der Waals surface area contributed by atoms with Crippen LogP contribution in [0.4, 0.5) is 5.13 Å². The molecule has 8 heteroatoms. The molecule has 28 heavy (non-hydrogen) atoms. The Labute approximate surface area is 190 Å². The Morgan fingerprint density at radius 1 is 1.18 bits per heavy atom. The van der Waals surface area contributed by atoms with Crippen molar-refractivity contribution in [3.8, 4) is 0 Å². The van der Waals surface area contributed by atoms with E-state index >= 15 is 0 Å². The molecule has 0 bridgehead atoms. The second kappa shape index (κ2) is 12.9. The molecule has 2 rings (SSSR count). The molecule has 2 N–H and O–H groups in total. The van der Waals surface area contributed by atoms with Crippen molar-refractivity contribution in [2.45, 2.75) is 32.5 Å². The molecule has 1 aromatic heterocycles. The van der Waals surface area contributed by atoms with E-state index in [9.17, 15) is 0 Å². The number of benzene rings is 1. The Balaban J connectivity index is 0.00000392. The summed E-state index contributed by atoms with van der Waals surface area (Å²) in [5, 5.41) is 9.83. The molecule has 2 aromatic rings. The van der Waals surface area contributed by atoms with Crippen molar-refractivity contribution in [1.29, 1.82) is 0 Å². The Hall–Kier alpha value is -1.39. The van der Waals surface area contributed by atoms with E-state index in [1.54, 1.807) is 18.4 Å². The van der Waals surface area contributed by atoms with Gasteiger partial charge in [-0.15, -0.1) is 35.3 Å². The van der Waals surface area contributed by atoms with Crippen molar-refractivity contribution >= 4 is 46.4 Å². The predicted octanol–water partition coefficient (Wildman–Crippen LogP) is 3.40. The number of anilines is 1. The molecule has 0 spiro atoms. The fourth-order valence-corrected chi connectivity index (χ4v) is 3.38. The first kappa shape index (κ1) is 24.6. The number of halogens is 1. The first-order chi connectivity index (χ1) is 13.0. The Morgan fingerprint density at radius 3 is 2.50 bits per heavy atom. The zero-order chi connectivity index (χ0) is 19.6. The highest BCUT2D eigenvalue weighted by Gasteiger charge is 2.10. The summed E-state index contributed by atoms with van der Waals surface area (Å²) in [5.74, 6) is 0.812. The van der Waals surface area contributed by atoms with E-state index in [1.807, 2.05) is 19.0 Å². The lowest BCUT2D eigenvalue weighted by Crippen LogP contribution is -2.39. The van der Waals surface area contributed by atoms with Gasteiger partial charge >= 0.3 is 0 Å². The maximum absolute atomic E-state index is 4.58. The van der Waals surface area contributed by atoms with Crippen molar-refractivity contribution in [3.63, 3.8) is 0 Å². The number of guanidine groups is 1. The van der Waals surface area contributed by atoms with Gasteiger partial charge in [0, 0.05) is 45.7 Å². The zero-order valence-electron chi connectivity index (χ0n) is 17.5. The molecular formula is C20H33IN6S. The van der Waals surface area contributed by atoms with E-state index in [2.05, 4.69) is 75.2 Å². The molecule has 6 nitrogen and oxygen atoms in total. The molecule has 0 radical (unpaired) electrons. The predicted molar refractivity (Wildman–Crippen MR) is 132 cm³/mol. The molecule has 1 heterocycles. The summed E-state index contributed by atoms with van der Waals surface area (Å²) >= 11 is 1.65. The third-order valence-corrected chi connectivity index (χ3v) is 5.52. The average Bonchev–Trinajstić information content (AvgIpc) is 3.14. The van der Waals surface area contributed by atoms with E-state index in [0.717, 1.165) is 36.3 Å². The molecule has 1 unspecified atom stereocenters. The summed E-state index contributed by atoms with van der Waals surface area (Å²) in [7, 11) is 7.99. The molecule has 0 aliphatic heterocycles. The van der Waals surface area contributed by atoms with Crippen LogP contribution in [0.5, 0.6) is 0 Å². The van der Waals surface area contributed by atoms with Gasteiger partial charge in [0.05, 0.1) is 12.2 Å². The minimum absolute atomic E-state index is 0. The van der Waals surface area contributed by atoms with Gasteiger partial charge in [-0.05, 0) is 26.0 Å². The van der Waals surface area contributed by atoms with Crippen LogP contribution in [0.1, 0.15) is 24.6 Å². The van der Waals surface area contributed by atoms with Crippen LogP contribution in [-0.2, 0) is 13.1 Å². The summed E-state index contributed by atoms with van der Waals surface area (Å²) in [5.41, 5.74) is 2.38. The fourth-order valence-electron chi connectivity index (χ4n) is 2.62. The van der Waals surface area contributed by atoms with Crippen LogP contribution in [0.15, 0.2) is 40.7 Å². The summed E-state index contributed by atoms with van der Waals surface area (Å²) in [6, 6.07) is 11.1. The Morgan fingerprint density at radius 2 is 1.89 bits per heavy atom. The van der Waals surface area contributed by atoms with Crippen molar-refractivity contribution in [1.82, 2.24) is 20.5 Å². The Bertz CT molecular complexity index is 704. The van der Waals surface area contributed by atoms with Crippen molar-refractivity contribution < 1.29 is 0 Å². The van der Waals surface area contributed by atoms with Crippen molar-refractivity contribution in [2.75, 3.05) is 39.6 Å². The summed E-state index contributed by atoms with van der Waals surface area (Å²) < 4.78 is 0. The van der Waals surface area contributed by atoms with Gasteiger partial charge in [0.1, 0.15) is 0 Å². The standard InChI is InChI=1S/C20H32N6S.HI/c1-16(26(5)14-17-9-7-6-8-10-17)11-12-22-19(21-2)23-13-18-15-27-20(24-18)25(3)4;/h6-10,15-16H,11-14H2,1-5H3,(H2,21,22,23);1H. The summed E-state index contributed by atoms with van der Waals surface area (Å²) in [4.78, 5) is 13.3. The maximum Gasteiger partial charge on any atom is 0.191 e. The molecule has 0 aliphatic rings. The minimum atomic E-state index is 0. The highest BCUT2D eigenvalue weighted by atomic mass is 127. The van der Waals surface area contributed by atoms with Gasteiger partial charge in [0.15, 0.2) is 11.1 Å². The summed E-state index contributed by atoms with van der Waals surface area (Å²) in [6.07, 6.45) is 1.05. The van der Waals surface area contributed by atoms with Gasteiger partial charge in [0.2, 0.25) is 0 Å². The van der Waals surface area contributed by atoms with Crippen LogP contribution >= 0.6 is 35.3 Å². The minimum Gasteiger partial charge on any atom is -0.356 e. The number of aromatic nitrogens is 1. The lowest BCUT2D eigenvalue weighted by molar-refractivity contribution is 0.238. The van der Waals surface area contributed by atoms with Gasteiger partial charge in [-0.2, -0.15) is 0 Å². The van der Waals surface area contributed by atoms with Gasteiger partial charge in [-0.3, -0.25) is 9.89 Å². The van der Waals surface area contributed by atoms with Gasteiger partial charge in [-0.1, -0.05) is 30.3 Å². The normalized spacial score (nSPS) is 12.4. The zero-order valence-corrected chi connectivity index (χ0v) is 20.6. The molecule has 0 saturated carbocycles. The Kier molecular flexibility index (Phi) is 11.4. The molecule has 1 atom stereocenters. The molecule has 0 amide bonds. The number of nitrogens with zero attached hydrogens (tertiary/aromatic N) is 4. The molecule has 156 valence electrons. The van der Waals surface area contributed by atoms with Crippen LogP contribution in [0, 0.1) is 0 Å². The summed E-state index contributed by atoms with van der Waals surface area (Å²) in [6.45, 7) is 4.78. The largest absolute Gasteiger partial charge is 0.356 e. The van der Waals surface area contributed by atoms with Crippen LogP contribution in [0.3, 0.4) is 0 Å². The molecule has 0 fully saturated rings. The van der Waals surface area contributed by atoms with E-state index in [-0.39, 0.29) is 24.0 Å². The SMILES string of the molecule is CN=C(NCCC(C)N(C)Cc1ccccc1)NCc1csc(N(C)C)n1.I. The molecule has 1 aromatic carbocycles. The quantitative estimate of drug-likeness (QED) is 0.304. The molecular weight excluding hydrogens is 483 g/mol. The second-order valence-electron chi connectivity index (χ2n) is 6.91. The number of thiazole rings is 1. The van der Waals surface area contributed by atoms with Crippen LogP contribution in [-0.4, -0.2) is 56.6 Å².